The predicted octanol–water partition coefficient (Wildman–Crippen LogP) is 2.06. The minimum atomic E-state index is 0.352. The van der Waals surface area contributed by atoms with Crippen LogP contribution < -0.4 is 10.1 Å². The van der Waals surface area contributed by atoms with Gasteiger partial charge in [-0.15, -0.1) is 0 Å². The Labute approximate surface area is 121 Å². The van der Waals surface area contributed by atoms with E-state index in [0.29, 0.717) is 6.10 Å². The summed E-state index contributed by atoms with van der Waals surface area (Å²) >= 11 is 0. The third-order valence-electron chi connectivity index (χ3n) is 4.88. The molecule has 1 saturated heterocycles. The van der Waals surface area contributed by atoms with Crippen molar-refractivity contribution in [2.24, 2.45) is 5.92 Å². The summed E-state index contributed by atoms with van der Waals surface area (Å²) in [6.45, 7) is 4.69. The molecule has 0 bridgehead atoms. The Morgan fingerprint density at radius 2 is 2.15 bits per heavy atom. The van der Waals surface area contributed by atoms with Gasteiger partial charge in [0.1, 0.15) is 11.9 Å². The smallest absolute Gasteiger partial charge is 0.123 e. The van der Waals surface area contributed by atoms with Gasteiger partial charge in [0.05, 0.1) is 0 Å². The highest BCUT2D eigenvalue weighted by Crippen LogP contribution is 2.34. The van der Waals surface area contributed by atoms with Gasteiger partial charge in [0.25, 0.3) is 0 Å². The van der Waals surface area contributed by atoms with Crippen molar-refractivity contribution in [2.45, 2.75) is 37.8 Å². The van der Waals surface area contributed by atoms with Crippen molar-refractivity contribution in [1.29, 1.82) is 0 Å². The molecule has 2 heterocycles. The van der Waals surface area contributed by atoms with E-state index >= 15 is 0 Å². The molecule has 0 amide bonds. The molecule has 3 aliphatic rings. The van der Waals surface area contributed by atoms with Crippen LogP contribution in [-0.2, 0) is 6.42 Å². The first-order valence-corrected chi connectivity index (χ1v) is 8.09. The third kappa shape index (κ3) is 2.70. The fraction of sp³-hybridized carbons (Fsp3) is 0.647. The summed E-state index contributed by atoms with van der Waals surface area (Å²) in [7, 11) is 0. The van der Waals surface area contributed by atoms with E-state index in [1.54, 1.807) is 0 Å². The lowest BCUT2D eigenvalue weighted by molar-refractivity contribution is 0.146. The Morgan fingerprint density at radius 1 is 1.25 bits per heavy atom. The maximum absolute atomic E-state index is 6.10. The predicted molar refractivity (Wildman–Crippen MR) is 80.1 cm³/mol. The van der Waals surface area contributed by atoms with Crippen molar-refractivity contribution in [3.05, 3.63) is 29.8 Å². The molecule has 3 heteroatoms. The molecule has 20 heavy (non-hydrogen) atoms. The van der Waals surface area contributed by atoms with E-state index in [2.05, 4.69) is 34.5 Å². The molecule has 2 atom stereocenters. The van der Waals surface area contributed by atoms with E-state index in [4.69, 9.17) is 4.74 Å². The fourth-order valence-corrected chi connectivity index (χ4v) is 3.65. The van der Waals surface area contributed by atoms with Crippen molar-refractivity contribution in [2.75, 3.05) is 26.2 Å². The van der Waals surface area contributed by atoms with Crippen LogP contribution in [0.5, 0.6) is 5.75 Å². The van der Waals surface area contributed by atoms with E-state index < -0.39 is 0 Å². The maximum atomic E-state index is 6.10. The summed E-state index contributed by atoms with van der Waals surface area (Å²) in [5.74, 6) is 2.04. The third-order valence-corrected chi connectivity index (χ3v) is 4.88. The number of benzene rings is 1. The fourth-order valence-electron chi connectivity index (χ4n) is 3.65. The largest absolute Gasteiger partial charge is 0.488 e. The van der Waals surface area contributed by atoms with Crippen LogP contribution in [0.3, 0.4) is 0 Å². The summed E-state index contributed by atoms with van der Waals surface area (Å²) in [6, 6.07) is 9.21. The topological polar surface area (TPSA) is 24.5 Å². The number of nitrogens with one attached hydrogen (secondary N) is 1. The highest BCUT2D eigenvalue weighted by atomic mass is 16.5. The summed E-state index contributed by atoms with van der Waals surface area (Å²) in [5, 5.41) is 3.73. The first-order chi connectivity index (χ1) is 9.88. The van der Waals surface area contributed by atoms with Crippen molar-refractivity contribution >= 4 is 0 Å². The minimum Gasteiger partial charge on any atom is -0.488 e. The van der Waals surface area contributed by atoms with Crippen LogP contribution in [-0.4, -0.2) is 43.2 Å². The van der Waals surface area contributed by atoms with Gasteiger partial charge in [-0.1, -0.05) is 18.2 Å². The van der Waals surface area contributed by atoms with Crippen LogP contribution >= 0.6 is 0 Å². The van der Waals surface area contributed by atoms with Gasteiger partial charge in [-0.3, -0.25) is 4.90 Å². The lowest BCUT2D eigenvalue weighted by Gasteiger charge is -2.26. The zero-order valence-corrected chi connectivity index (χ0v) is 12.1. The first kappa shape index (κ1) is 12.7. The first-order valence-electron chi connectivity index (χ1n) is 8.09. The average molecular weight is 272 g/mol. The number of para-hydroxylation sites is 1. The molecule has 4 rings (SSSR count). The second-order valence-corrected chi connectivity index (χ2v) is 6.56. The molecule has 1 aromatic rings. The van der Waals surface area contributed by atoms with Crippen molar-refractivity contribution < 1.29 is 4.74 Å². The van der Waals surface area contributed by atoms with Crippen LogP contribution in [0.1, 0.15) is 24.8 Å². The van der Waals surface area contributed by atoms with Gasteiger partial charge in [0, 0.05) is 25.6 Å². The Balaban J connectivity index is 1.37. The maximum Gasteiger partial charge on any atom is 0.123 e. The quantitative estimate of drug-likeness (QED) is 0.911. The highest BCUT2D eigenvalue weighted by molar-refractivity contribution is 5.37. The molecule has 2 unspecified atom stereocenters. The Hall–Kier alpha value is -1.06. The van der Waals surface area contributed by atoms with Gasteiger partial charge in [0.15, 0.2) is 0 Å². The van der Waals surface area contributed by atoms with E-state index in [1.165, 1.54) is 44.5 Å². The van der Waals surface area contributed by atoms with Gasteiger partial charge in [0.2, 0.25) is 0 Å². The van der Waals surface area contributed by atoms with Crippen molar-refractivity contribution in [3.8, 4) is 5.75 Å². The van der Waals surface area contributed by atoms with Gasteiger partial charge < -0.3 is 10.1 Å². The molecule has 0 spiro atoms. The molecule has 2 aliphatic heterocycles. The summed E-state index contributed by atoms with van der Waals surface area (Å²) in [4.78, 5) is 2.62. The van der Waals surface area contributed by atoms with Crippen LogP contribution in [0.25, 0.3) is 0 Å². The van der Waals surface area contributed by atoms with Gasteiger partial charge in [-0.25, -0.2) is 0 Å². The molecule has 1 aliphatic carbocycles. The SMILES string of the molecule is c1ccc2c(c1)CC(CN1CCCNC(C3CC3)C1)O2. The van der Waals surface area contributed by atoms with E-state index in [9.17, 15) is 0 Å². The highest BCUT2D eigenvalue weighted by Gasteiger charge is 2.34. The average Bonchev–Trinajstić information content (AvgIpc) is 3.23. The molecule has 1 aromatic carbocycles. The molecular weight excluding hydrogens is 248 g/mol. The van der Waals surface area contributed by atoms with Gasteiger partial charge in [-0.2, -0.15) is 0 Å². The summed E-state index contributed by atoms with van der Waals surface area (Å²) in [6.07, 6.45) is 5.55. The van der Waals surface area contributed by atoms with Crippen LogP contribution in [0.4, 0.5) is 0 Å². The Morgan fingerprint density at radius 3 is 3.00 bits per heavy atom. The zero-order chi connectivity index (χ0) is 13.4. The van der Waals surface area contributed by atoms with Crippen LogP contribution in [0.2, 0.25) is 0 Å². The van der Waals surface area contributed by atoms with Gasteiger partial charge >= 0.3 is 0 Å². The monoisotopic (exact) mass is 272 g/mol. The molecule has 108 valence electrons. The van der Waals surface area contributed by atoms with Crippen molar-refractivity contribution in [1.82, 2.24) is 10.2 Å². The number of rotatable bonds is 3. The van der Waals surface area contributed by atoms with E-state index in [-0.39, 0.29) is 0 Å². The molecular formula is C17H24N2O. The van der Waals surface area contributed by atoms with Crippen LogP contribution in [0.15, 0.2) is 24.3 Å². The Bertz CT molecular complexity index is 447. The molecule has 1 saturated carbocycles. The van der Waals surface area contributed by atoms with E-state index in [1.807, 2.05) is 0 Å². The second kappa shape index (κ2) is 5.38. The molecule has 0 radical (unpaired) electrons. The normalized spacial score (nSPS) is 30.6. The zero-order valence-electron chi connectivity index (χ0n) is 12.1. The van der Waals surface area contributed by atoms with Crippen molar-refractivity contribution in [3.63, 3.8) is 0 Å². The minimum absolute atomic E-state index is 0.352. The Kier molecular flexibility index (Phi) is 3.41. The van der Waals surface area contributed by atoms with E-state index in [0.717, 1.165) is 30.7 Å². The lowest BCUT2D eigenvalue weighted by Crippen LogP contribution is -2.42. The summed E-state index contributed by atoms with van der Waals surface area (Å²) in [5.41, 5.74) is 1.38. The standard InChI is InChI=1S/C17H24N2O/c1-2-5-17-14(4-1)10-15(20-17)11-19-9-3-8-18-16(12-19)13-6-7-13/h1-2,4-5,13,15-16,18H,3,6-12H2. The number of fused-ring (bicyclic) bond motifs is 1. The summed E-state index contributed by atoms with van der Waals surface area (Å²) < 4.78 is 6.10. The van der Waals surface area contributed by atoms with Crippen LogP contribution in [0, 0.1) is 5.92 Å². The second-order valence-electron chi connectivity index (χ2n) is 6.56. The molecule has 3 nitrogen and oxygen atoms in total. The number of ether oxygens (including phenoxy) is 1. The number of hydrogen-bond donors (Lipinski definition) is 1. The molecule has 2 fully saturated rings. The molecule has 0 aromatic heterocycles. The van der Waals surface area contributed by atoms with Gasteiger partial charge in [-0.05, 0) is 49.9 Å². The number of nitrogens with zero attached hydrogens (tertiary/aromatic N) is 1. The molecule has 1 N–H and O–H groups in total. The number of hydrogen-bond acceptors (Lipinski definition) is 3. The lowest BCUT2D eigenvalue weighted by atomic mass is 10.1.